The molecular weight excluding hydrogens is 478 g/mol. The second-order valence-electron chi connectivity index (χ2n) is 8.80. The molecule has 3 heterocycles. The van der Waals surface area contributed by atoms with Crippen LogP contribution in [0.4, 0.5) is 5.69 Å². The van der Waals surface area contributed by atoms with Gasteiger partial charge in [-0.05, 0) is 41.8 Å². The van der Waals surface area contributed by atoms with E-state index in [1.807, 2.05) is 84.6 Å². The molecule has 3 atom stereocenters. The summed E-state index contributed by atoms with van der Waals surface area (Å²) in [5.74, 6) is -0.213. The average Bonchev–Trinajstić information content (AvgIpc) is 3.30. The molecule has 164 valence electrons. The smallest absolute Gasteiger partial charge is 0.252 e. The van der Waals surface area contributed by atoms with Crippen molar-refractivity contribution in [1.29, 1.82) is 0 Å². The van der Waals surface area contributed by atoms with Gasteiger partial charge in [0.25, 0.3) is 5.91 Å². The maximum absolute atomic E-state index is 14.2. The first-order valence-corrected chi connectivity index (χ1v) is 11.8. The molecule has 3 aromatic carbocycles. The topological polar surface area (TPSA) is 52.7 Å². The van der Waals surface area contributed by atoms with Gasteiger partial charge in [0.2, 0.25) is 5.91 Å². The van der Waals surface area contributed by atoms with Gasteiger partial charge in [-0.25, -0.2) is 0 Å². The molecule has 0 saturated carbocycles. The van der Waals surface area contributed by atoms with Crippen LogP contribution in [0.15, 0.2) is 95.0 Å². The fourth-order valence-corrected chi connectivity index (χ4v) is 5.94. The minimum absolute atomic E-state index is 0.0847. The summed E-state index contributed by atoms with van der Waals surface area (Å²) >= 11 is 3.49. The Balaban J connectivity index is 1.58. The Hall–Kier alpha value is -3.38. The van der Waals surface area contributed by atoms with Crippen LogP contribution >= 0.6 is 15.9 Å². The summed E-state index contributed by atoms with van der Waals surface area (Å²) in [5.41, 5.74) is 4.03. The third-order valence-electron chi connectivity index (χ3n) is 7.05. The zero-order chi connectivity index (χ0) is 22.7. The Morgan fingerprint density at radius 1 is 0.939 bits per heavy atom. The van der Waals surface area contributed by atoms with Crippen molar-refractivity contribution in [2.45, 2.75) is 31.2 Å². The maximum atomic E-state index is 14.2. The van der Waals surface area contributed by atoms with Crippen molar-refractivity contribution < 1.29 is 9.59 Å². The Kier molecular flexibility index (Phi) is 4.49. The van der Waals surface area contributed by atoms with Crippen LogP contribution in [0.25, 0.3) is 0 Å². The number of amides is 2. The molecule has 3 aromatic rings. The van der Waals surface area contributed by atoms with Gasteiger partial charge in [0, 0.05) is 28.3 Å². The molecule has 1 spiro atoms. The van der Waals surface area contributed by atoms with Crippen LogP contribution in [-0.2, 0) is 21.7 Å². The predicted octanol–water partition coefficient (Wildman–Crippen LogP) is 4.97. The molecule has 5 nitrogen and oxygen atoms in total. The third kappa shape index (κ3) is 2.77. The summed E-state index contributed by atoms with van der Waals surface area (Å²) in [6, 6.07) is 25.1. The van der Waals surface area contributed by atoms with Crippen molar-refractivity contribution in [3.8, 4) is 0 Å². The number of anilines is 1. The summed E-state index contributed by atoms with van der Waals surface area (Å²) in [7, 11) is 0. The first-order valence-electron chi connectivity index (χ1n) is 11.0. The molecule has 0 aromatic heterocycles. The fraction of sp³-hybridized carbons (Fsp3) is 0.185. The molecule has 0 bridgehead atoms. The van der Waals surface area contributed by atoms with Crippen LogP contribution < -0.4 is 5.32 Å². The van der Waals surface area contributed by atoms with Gasteiger partial charge in [-0.15, -0.1) is 0 Å². The van der Waals surface area contributed by atoms with Gasteiger partial charge in [-0.3, -0.25) is 9.59 Å². The summed E-state index contributed by atoms with van der Waals surface area (Å²) in [4.78, 5) is 31.3. The van der Waals surface area contributed by atoms with Crippen LogP contribution in [-0.4, -0.2) is 27.8 Å². The minimum atomic E-state index is -0.756. The van der Waals surface area contributed by atoms with Crippen LogP contribution in [0.1, 0.15) is 29.7 Å². The number of hydrogen-bond donors (Lipinski definition) is 1. The number of fused-ring (bicyclic) bond motifs is 1. The van der Waals surface area contributed by atoms with E-state index in [1.54, 1.807) is 11.0 Å². The zero-order valence-electron chi connectivity index (χ0n) is 18.0. The fourth-order valence-electron chi connectivity index (χ4n) is 5.67. The number of nitrogens with zero attached hydrogens (tertiary/aromatic N) is 2. The van der Waals surface area contributed by atoms with E-state index >= 15 is 0 Å². The van der Waals surface area contributed by atoms with Gasteiger partial charge in [0.15, 0.2) is 0 Å². The van der Waals surface area contributed by atoms with E-state index in [1.165, 1.54) is 0 Å². The van der Waals surface area contributed by atoms with Crippen LogP contribution in [0.5, 0.6) is 0 Å². The largest absolute Gasteiger partial charge is 0.362 e. The van der Waals surface area contributed by atoms with Gasteiger partial charge < -0.3 is 15.1 Å². The third-order valence-corrected chi connectivity index (χ3v) is 7.58. The highest BCUT2D eigenvalue weighted by molar-refractivity contribution is 9.10. The highest BCUT2D eigenvalue weighted by Gasteiger charge is 2.65. The van der Waals surface area contributed by atoms with Crippen molar-refractivity contribution in [3.05, 3.63) is 112 Å². The zero-order valence-corrected chi connectivity index (χ0v) is 19.6. The molecule has 1 N–H and O–H groups in total. The Labute approximate surface area is 200 Å². The van der Waals surface area contributed by atoms with Crippen molar-refractivity contribution >= 4 is 33.4 Å². The number of carbonyl (C=O) groups excluding carboxylic acids is 2. The number of halogens is 1. The van der Waals surface area contributed by atoms with Crippen molar-refractivity contribution in [3.63, 3.8) is 0 Å². The number of carbonyl (C=O) groups is 2. The highest BCUT2D eigenvalue weighted by atomic mass is 79.9. The van der Waals surface area contributed by atoms with E-state index in [0.29, 0.717) is 6.54 Å². The van der Waals surface area contributed by atoms with Gasteiger partial charge in [0.05, 0.1) is 0 Å². The number of para-hydroxylation sites is 1. The van der Waals surface area contributed by atoms with E-state index < -0.39 is 17.7 Å². The lowest BCUT2D eigenvalue weighted by atomic mass is 9.78. The molecule has 0 aliphatic carbocycles. The number of benzene rings is 3. The van der Waals surface area contributed by atoms with Crippen LogP contribution in [0.3, 0.4) is 0 Å². The molecule has 33 heavy (non-hydrogen) atoms. The standard InChI is InChI=1S/C27H22BrN3O2/c1-17-15-23(32)31-24(19-11-13-20(28)14-12-19)25(33)30(16-18-7-3-2-4-8-18)26-27(17,31)21-9-5-6-10-22(21)29-26/h2-15,24,26,29H,16H2,1H3. The summed E-state index contributed by atoms with van der Waals surface area (Å²) in [6.07, 6.45) is 1.30. The number of piperazine rings is 1. The second-order valence-corrected chi connectivity index (χ2v) is 9.72. The van der Waals surface area contributed by atoms with E-state index in [-0.39, 0.29) is 11.8 Å². The van der Waals surface area contributed by atoms with E-state index in [2.05, 4.69) is 27.3 Å². The lowest BCUT2D eigenvalue weighted by Crippen LogP contribution is -2.68. The maximum Gasteiger partial charge on any atom is 0.252 e. The van der Waals surface area contributed by atoms with E-state index in [0.717, 1.165) is 32.4 Å². The molecule has 3 aliphatic heterocycles. The Bertz CT molecular complexity index is 1300. The lowest BCUT2D eigenvalue weighted by molar-refractivity contribution is -0.163. The average molecular weight is 500 g/mol. The van der Waals surface area contributed by atoms with Crippen molar-refractivity contribution in [2.24, 2.45) is 0 Å². The molecule has 2 amide bonds. The minimum Gasteiger partial charge on any atom is -0.362 e. The Morgan fingerprint density at radius 3 is 2.39 bits per heavy atom. The van der Waals surface area contributed by atoms with Crippen LogP contribution in [0, 0.1) is 0 Å². The monoisotopic (exact) mass is 499 g/mol. The predicted molar refractivity (Wildman–Crippen MR) is 130 cm³/mol. The number of hydrogen-bond acceptors (Lipinski definition) is 3. The number of rotatable bonds is 3. The first kappa shape index (κ1) is 20.2. The molecule has 1 fully saturated rings. The molecule has 1 saturated heterocycles. The molecule has 3 unspecified atom stereocenters. The highest BCUT2D eigenvalue weighted by Crippen LogP contribution is 2.57. The molecular formula is C27H22BrN3O2. The molecule has 0 radical (unpaired) electrons. The summed E-state index contributed by atoms with van der Waals surface area (Å²) in [6.45, 7) is 2.46. The summed E-state index contributed by atoms with van der Waals surface area (Å²) in [5, 5.41) is 3.59. The van der Waals surface area contributed by atoms with Gasteiger partial charge >= 0.3 is 0 Å². The van der Waals surface area contributed by atoms with E-state index in [4.69, 9.17) is 0 Å². The van der Waals surface area contributed by atoms with Crippen LogP contribution in [0.2, 0.25) is 0 Å². The van der Waals surface area contributed by atoms with Crippen molar-refractivity contribution in [2.75, 3.05) is 5.32 Å². The van der Waals surface area contributed by atoms with Gasteiger partial charge in [-0.1, -0.05) is 76.6 Å². The SMILES string of the molecule is CC1=CC(=O)N2C(c3ccc(Br)cc3)C(=O)N(Cc3ccccc3)C3Nc4ccccc4C132. The van der Waals surface area contributed by atoms with E-state index in [9.17, 15) is 9.59 Å². The first-order chi connectivity index (χ1) is 16.0. The molecule has 6 heteroatoms. The normalized spacial score (nSPS) is 25.3. The molecule has 6 rings (SSSR count). The van der Waals surface area contributed by atoms with Crippen molar-refractivity contribution in [1.82, 2.24) is 9.80 Å². The molecule has 3 aliphatic rings. The van der Waals surface area contributed by atoms with Gasteiger partial charge in [-0.2, -0.15) is 0 Å². The second kappa shape index (κ2) is 7.32. The Morgan fingerprint density at radius 2 is 1.64 bits per heavy atom. The quantitative estimate of drug-likeness (QED) is 0.553. The lowest BCUT2D eigenvalue weighted by Gasteiger charge is -2.54. The van der Waals surface area contributed by atoms with Gasteiger partial charge in [0.1, 0.15) is 17.7 Å². The summed E-state index contributed by atoms with van der Waals surface area (Å²) < 4.78 is 0.929. The number of nitrogens with one attached hydrogen (secondary N) is 1.